The lowest BCUT2D eigenvalue weighted by molar-refractivity contribution is 0.305. The predicted molar refractivity (Wildman–Crippen MR) is 73.6 cm³/mol. The first-order valence-electron chi connectivity index (χ1n) is 5.97. The molecule has 0 aliphatic heterocycles. The van der Waals surface area contributed by atoms with Gasteiger partial charge in [0.15, 0.2) is 0 Å². The Morgan fingerprint density at radius 3 is 2.50 bits per heavy atom. The second-order valence-corrected chi connectivity index (χ2v) is 8.40. The van der Waals surface area contributed by atoms with Gasteiger partial charge in [0.2, 0.25) is 8.32 Å². The molecule has 88 valence electrons. The predicted octanol–water partition coefficient (Wildman–Crippen LogP) is 3.47. The molecule has 1 aromatic rings. The van der Waals surface area contributed by atoms with Crippen LogP contribution in [0.5, 0.6) is 0 Å². The molecular formula is C14H22OSi. The van der Waals surface area contributed by atoms with Gasteiger partial charge in [-0.2, -0.15) is 0 Å². The number of benzene rings is 1. The van der Waals surface area contributed by atoms with Gasteiger partial charge < -0.3 is 4.43 Å². The fraction of sp³-hybridized carbons (Fsp3) is 0.429. The van der Waals surface area contributed by atoms with Crippen LogP contribution in [0.4, 0.5) is 0 Å². The molecule has 1 nitrogen and oxygen atoms in total. The van der Waals surface area contributed by atoms with Crippen molar-refractivity contribution in [1.29, 1.82) is 0 Å². The Hall–Kier alpha value is -0.863. The quantitative estimate of drug-likeness (QED) is 0.399. The maximum absolute atomic E-state index is 6.07. The Morgan fingerprint density at radius 2 is 1.88 bits per heavy atom. The van der Waals surface area contributed by atoms with Crippen LogP contribution in [0.25, 0.3) is 0 Å². The van der Waals surface area contributed by atoms with E-state index >= 15 is 0 Å². The van der Waals surface area contributed by atoms with Crippen molar-refractivity contribution in [2.75, 3.05) is 6.61 Å². The highest BCUT2D eigenvalue weighted by Gasteiger charge is 2.24. The SMILES string of the molecule is C=CCCCCO[Si](C)(C)c1ccccc1. The molecule has 0 saturated heterocycles. The monoisotopic (exact) mass is 234 g/mol. The lowest BCUT2D eigenvalue weighted by atomic mass is 10.2. The summed E-state index contributed by atoms with van der Waals surface area (Å²) in [4.78, 5) is 0. The van der Waals surface area contributed by atoms with Crippen molar-refractivity contribution in [1.82, 2.24) is 0 Å². The van der Waals surface area contributed by atoms with Gasteiger partial charge in [0.1, 0.15) is 0 Å². The fourth-order valence-corrected chi connectivity index (χ4v) is 3.46. The molecule has 0 spiro atoms. The van der Waals surface area contributed by atoms with Gasteiger partial charge in [-0.1, -0.05) is 36.4 Å². The summed E-state index contributed by atoms with van der Waals surface area (Å²) in [5.41, 5.74) is 0. The van der Waals surface area contributed by atoms with Crippen LogP contribution in [0, 0.1) is 0 Å². The Balaban J connectivity index is 2.37. The lowest BCUT2D eigenvalue weighted by Crippen LogP contribution is -2.44. The molecule has 16 heavy (non-hydrogen) atoms. The van der Waals surface area contributed by atoms with Crippen LogP contribution in [0.2, 0.25) is 13.1 Å². The standard InChI is InChI=1S/C14H22OSi/c1-4-5-6-10-13-15-16(2,3)14-11-8-7-9-12-14/h4,7-9,11-12H,1,5-6,10,13H2,2-3H3. The molecule has 0 aromatic heterocycles. The van der Waals surface area contributed by atoms with E-state index in [1.807, 2.05) is 6.08 Å². The minimum Gasteiger partial charge on any atom is -0.413 e. The van der Waals surface area contributed by atoms with E-state index in [2.05, 4.69) is 50.0 Å². The first kappa shape index (κ1) is 13.2. The highest BCUT2D eigenvalue weighted by molar-refractivity contribution is 6.84. The summed E-state index contributed by atoms with van der Waals surface area (Å²) in [6, 6.07) is 10.6. The summed E-state index contributed by atoms with van der Waals surface area (Å²) < 4.78 is 6.07. The maximum Gasteiger partial charge on any atom is 0.218 e. The minimum atomic E-state index is -1.67. The van der Waals surface area contributed by atoms with Crippen LogP contribution in [-0.2, 0) is 4.43 Å². The van der Waals surface area contributed by atoms with Crippen molar-refractivity contribution in [3.8, 4) is 0 Å². The first-order chi connectivity index (χ1) is 7.67. The van der Waals surface area contributed by atoms with E-state index in [1.54, 1.807) is 0 Å². The van der Waals surface area contributed by atoms with E-state index in [9.17, 15) is 0 Å². The van der Waals surface area contributed by atoms with Crippen molar-refractivity contribution in [2.45, 2.75) is 32.4 Å². The van der Waals surface area contributed by atoms with Gasteiger partial charge in [0.05, 0.1) is 0 Å². The molecule has 2 heteroatoms. The molecule has 1 rings (SSSR count). The lowest BCUT2D eigenvalue weighted by Gasteiger charge is -2.23. The van der Waals surface area contributed by atoms with Crippen LogP contribution >= 0.6 is 0 Å². The number of hydrogen-bond acceptors (Lipinski definition) is 1. The van der Waals surface area contributed by atoms with E-state index in [4.69, 9.17) is 4.43 Å². The molecule has 1 aromatic carbocycles. The summed E-state index contributed by atoms with van der Waals surface area (Å²) >= 11 is 0. The average Bonchev–Trinajstić information content (AvgIpc) is 2.30. The van der Waals surface area contributed by atoms with Gasteiger partial charge in [-0.15, -0.1) is 6.58 Å². The zero-order valence-electron chi connectivity index (χ0n) is 10.4. The van der Waals surface area contributed by atoms with E-state index in [-0.39, 0.29) is 0 Å². The summed E-state index contributed by atoms with van der Waals surface area (Å²) in [6.07, 6.45) is 5.38. The molecule has 0 amide bonds. The largest absolute Gasteiger partial charge is 0.413 e. The highest BCUT2D eigenvalue weighted by atomic mass is 28.4. The van der Waals surface area contributed by atoms with Gasteiger partial charge >= 0.3 is 0 Å². The number of hydrogen-bond donors (Lipinski definition) is 0. The number of allylic oxidation sites excluding steroid dienone is 1. The topological polar surface area (TPSA) is 9.23 Å². The zero-order chi connectivity index (χ0) is 11.9. The fourth-order valence-electron chi connectivity index (χ4n) is 1.64. The van der Waals surface area contributed by atoms with Crippen LogP contribution < -0.4 is 5.19 Å². The molecule has 0 aliphatic carbocycles. The molecule has 0 saturated carbocycles. The van der Waals surface area contributed by atoms with Crippen LogP contribution in [-0.4, -0.2) is 14.9 Å². The molecule has 0 unspecified atom stereocenters. The molecule has 0 N–H and O–H groups in total. The Labute approximate surface area is 100 Å². The summed E-state index contributed by atoms with van der Waals surface area (Å²) in [5, 5.41) is 1.37. The van der Waals surface area contributed by atoms with Crippen molar-refractivity contribution >= 4 is 13.5 Å². The second kappa shape index (κ2) is 6.66. The van der Waals surface area contributed by atoms with Crippen molar-refractivity contribution in [2.24, 2.45) is 0 Å². The van der Waals surface area contributed by atoms with Gasteiger partial charge in [0.25, 0.3) is 0 Å². The van der Waals surface area contributed by atoms with Gasteiger partial charge in [-0.3, -0.25) is 0 Å². The van der Waals surface area contributed by atoms with E-state index < -0.39 is 8.32 Å². The number of unbranched alkanes of at least 4 members (excludes halogenated alkanes) is 2. The molecule has 0 heterocycles. The van der Waals surface area contributed by atoms with Crippen molar-refractivity contribution < 1.29 is 4.43 Å². The second-order valence-electron chi connectivity index (χ2n) is 4.51. The molecule has 0 aliphatic rings. The Bertz CT molecular complexity index is 306. The van der Waals surface area contributed by atoms with E-state index in [0.717, 1.165) is 19.4 Å². The van der Waals surface area contributed by atoms with Crippen LogP contribution in [0.3, 0.4) is 0 Å². The van der Waals surface area contributed by atoms with Crippen molar-refractivity contribution in [3.63, 3.8) is 0 Å². The van der Waals surface area contributed by atoms with Gasteiger partial charge in [-0.05, 0) is 37.5 Å². The molecule has 0 radical (unpaired) electrons. The third-order valence-corrected chi connectivity index (χ3v) is 5.38. The molecular weight excluding hydrogens is 212 g/mol. The summed E-state index contributed by atoms with van der Waals surface area (Å²) in [7, 11) is -1.67. The van der Waals surface area contributed by atoms with Crippen molar-refractivity contribution in [3.05, 3.63) is 43.0 Å². The van der Waals surface area contributed by atoms with Crippen LogP contribution in [0.1, 0.15) is 19.3 Å². The third-order valence-electron chi connectivity index (χ3n) is 2.73. The summed E-state index contributed by atoms with van der Waals surface area (Å²) in [6.45, 7) is 9.12. The first-order valence-corrected chi connectivity index (χ1v) is 8.88. The minimum absolute atomic E-state index is 0.877. The van der Waals surface area contributed by atoms with E-state index in [0.29, 0.717) is 0 Å². The Morgan fingerprint density at radius 1 is 1.19 bits per heavy atom. The van der Waals surface area contributed by atoms with Gasteiger partial charge in [0, 0.05) is 6.61 Å². The maximum atomic E-state index is 6.07. The third kappa shape index (κ3) is 4.33. The Kier molecular flexibility index (Phi) is 5.50. The smallest absolute Gasteiger partial charge is 0.218 e. The summed E-state index contributed by atoms with van der Waals surface area (Å²) in [5.74, 6) is 0. The van der Waals surface area contributed by atoms with E-state index in [1.165, 1.54) is 11.6 Å². The molecule has 0 fully saturated rings. The number of rotatable bonds is 7. The van der Waals surface area contributed by atoms with Gasteiger partial charge in [-0.25, -0.2) is 0 Å². The van der Waals surface area contributed by atoms with Crippen LogP contribution in [0.15, 0.2) is 43.0 Å². The average molecular weight is 234 g/mol. The molecule has 0 atom stereocenters. The normalized spacial score (nSPS) is 11.4. The highest BCUT2D eigenvalue weighted by Crippen LogP contribution is 2.07. The molecule has 0 bridgehead atoms. The zero-order valence-corrected chi connectivity index (χ0v) is 11.4.